The van der Waals surface area contributed by atoms with Crippen molar-refractivity contribution in [1.29, 1.82) is 0 Å². The fourth-order valence-electron chi connectivity index (χ4n) is 4.06. The van der Waals surface area contributed by atoms with Crippen LogP contribution in [-0.2, 0) is 13.0 Å². The summed E-state index contributed by atoms with van der Waals surface area (Å²) in [5.74, 6) is 2.86. The molecule has 1 amide bonds. The Morgan fingerprint density at radius 2 is 1.71 bits per heavy atom. The number of hydrogen-bond donors (Lipinski definition) is 1. The van der Waals surface area contributed by atoms with Gasteiger partial charge in [0.1, 0.15) is 18.2 Å². The molecule has 1 heterocycles. The van der Waals surface area contributed by atoms with E-state index in [1.54, 1.807) is 32.4 Å². The average molecular weight is 474 g/mol. The van der Waals surface area contributed by atoms with Crippen molar-refractivity contribution in [2.75, 3.05) is 27.4 Å². The number of amides is 1. The molecule has 0 saturated heterocycles. The minimum atomic E-state index is -0.147. The van der Waals surface area contributed by atoms with Gasteiger partial charge in [0, 0.05) is 18.5 Å². The quantitative estimate of drug-likeness (QED) is 0.317. The summed E-state index contributed by atoms with van der Waals surface area (Å²) in [7, 11) is 3.12. The highest BCUT2D eigenvalue weighted by Crippen LogP contribution is 2.27. The molecular weight excluding hydrogens is 442 g/mol. The summed E-state index contributed by atoms with van der Waals surface area (Å²) in [4.78, 5) is 17.4. The largest absolute Gasteiger partial charge is 0.493 e. The van der Waals surface area contributed by atoms with Gasteiger partial charge in [0.25, 0.3) is 5.91 Å². The highest BCUT2D eigenvalue weighted by atomic mass is 16.5. The van der Waals surface area contributed by atoms with Gasteiger partial charge in [-0.15, -0.1) is 0 Å². The van der Waals surface area contributed by atoms with Gasteiger partial charge in [-0.2, -0.15) is 0 Å². The van der Waals surface area contributed by atoms with E-state index in [4.69, 9.17) is 19.2 Å². The molecule has 7 heteroatoms. The third-order valence-electron chi connectivity index (χ3n) is 5.91. The van der Waals surface area contributed by atoms with Gasteiger partial charge in [0.15, 0.2) is 11.5 Å². The molecule has 182 valence electrons. The molecule has 0 radical (unpaired) electrons. The van der Waals surface area contributed by atoms with Gasteiger partial charge in [-0.05, 0) is 55.3 Å². The Balaban J connectivity index is 1.36. The van der Waals surface area contributed by atoms with Gasteiger partial charge in [-0.1, -0.05) is 30.3 Å². The Labute approximate surface area is 205 Å². The number of methoxy groups -OCH3 is 2. The number of benzene rings is 3. The number of hydrogen-bond acceptors (Lipinski definition) is 5. The van der Waals surface area contributed by atoms with Crippen molar-refractivity contribution in [2.45, 2.75) is 26.3 Å². The minimum absolute atomic E-state index is 0.147. The van der Waals surface area contributed by atoms with Gasteiger partial charge in [-0.25, -0.2) is 4.98 Å². The lowest BCUT2D eigenvalue weighted by molar-refractivity contribution is 0.0952. The number of carbonyl (C=O) groups excluding carboxylic acids is 1. The van der Waals surface area contributed by atoms with Crippen LogP contribution >= 0.6 is 0 Å². The molecule has 0 aliphatic rings. The summed E-state index contributed by atoms with van der Waals surface area (Å²) in [6, 6.07) is 21.3. The zero-order valence-electron chi connectivity index (χ0n) is 20.4. The molecule has 0 aliphatic carbocycles. The van der Waals surface area contributed by atoms with Gasteiger partial charge in [-0.3, -0.25) is 4.79 Å². The van der Waals surface area contributed by atoms with Crippen LogP contribution in [0.15, 0.2) is 66.7 Å². The van der Waals surface area contributed by atoms with Crippen molar-refractivity contribution in [1.82, 2.24) is 14.9 Å². The molecule has 0 spiro atoms. The van der Waals surface area contributed by atoms with E-state index < -0.39 is 0 Å². The number of carbonyl (C=O) groups is 1. The number of nitrogens with one attached hydrogen (secondary N) is 1. The molecule has 0 atom stereocenters. The van der Waals surface area contributed by atoms with Gasteiger partial charge in [0.2, 0.25) is 0 Å². The first kappa shape index (κ1) is 24.1. The number of fused-ring (bicyclic) bond motifs is 1. The molecule has 1 N–H and O–H groups in total. The summed E-state index contributed by atoms with van der Waals surface area (Å²) in [6.07, 6.45) is 1.51. The number of aryl methyl sites for hydroxylation is 2. The standard InChI is InChI=1S/C28H31N3O4/c1-20-9-4-7-12-24(20)35-18-17-31-23-11-6-5-10-22(23)30-27(31)13-8-16-29-28(32)21-14-15-25(33-2)26(19-21)34-3/h4-7,9-12,14-15,19H,8,13,16-18H2,1-3H3,(H,29,32). The molecule has 1 aromatic heterocycles. The third kappa shape index (κ3) is 5.74. The highest BCUT2D eigenvalue weighted by molar-refractivity contribution is 5.94. The number of imidazole rings is 1. The zero-order chi connectivity index (χ0) is 24.6. The van der Waals surface area contributed by atoms with Crippen LogP contribution < -0.4 is 19.5 Å². The third-order valence-corrected chi connectivity index (χ3v) is 5.91. The first-order valence-corrected chi connectivity index (χ1v) is 11.7. The van der Waals surface area contributed by atoms with E-state index in [-0.39, 0.29) is 5.91 Å². The second kappa shape index (κ2) is 11.4. The molecule has 7 nitrogen and oxygen atoms in total. The van der Waals surface area contributed by atoms with E-state index in [0.717, 1.165) is 41.0 Å². The van der Waals surface area contributed by atoms with Gasteiger partial charge < -0.3 is 24.1 Å². The molecule has 4 aromatic rings. The van der Waals surface area contributed by atoms with Crippen LogP contribution in [0.25, 0.3) is 11.0 Å². The van der Waals surface area contributed by atoms with E-state index in [0.29, 0.717) is 36.8 Å². The SMILES string of the molecule is COc1ccc(C(=O)NCCCc2nc3ccccc3n2CCOc2ccccc2C)cc1OC. The van der Waals surface area contributed by atoms with Crippen LogP contribution in [0.2, 0.25) is 0 Å². The lowest BCUT2D eigenvalue weighted by Gasteiger charge is -2.12. The Bertz CT molecular complexity index is 1300. The maximum Gasteiger partial charge on any atom is 0.251 e. The van der Waals surface area contributed by atoms with Crippen molar-refractivity contribution in [3.8, 4) is 17.2 Å². The summed E-state index contributed by atoms with van der Waals surface area (Å²) in [6.45, 7) is 3.83. The van der Waals surface area contributed by atoms with Crippen LogP contribution in [0, 0.1) is 6.92 Å². The number of aromatic nitrogens is 2. The van der Waals surface area contributed by atoms with E-state index >= 15 is 0 Å². The molecule has 35 heavy (non-hydrogen) atoms. The molecule has 0 unspecified atom stereocenters. The predicted octanol–water partition coefficient (Wildman–Crippen LogP) is 4.80. The zero-order valence-corrected chi connectivity index (χ0v) is 20.4. The van der Waals surface area contributed by atoms with E-state index in [1.807, 2.05) is 49.4 Å². The lowest BCUT2D eigenvalue weighted by Crippen LogP contribution is -2.25. The Kier molecular flexibility index (Phi) is 7.88. The highest BCUT2D eigenvalue weighted by Gasteiger charge is 2.13. The van der Waals surface area contributed by atoms with E-state index in [9.17, 15) is 4.79 Å². The lowest BCUT2D eigenvalue weighted by atomic mass is 10.2. The molecule has 0 aliphatic heterocycles. The second-order valence-corrected chi connectivity index (χ2v) is 8.21. The number of rotatable bonds is 11. The van der Waals surface area contributed by atoms with Crippen molar-refractivity contribution < 1.29 is 19.0 Å². The topological polar surface area (TPSA) is 74.6 Å². The monoisotopic (exact) mass is 473 g/mol. The van der Waals surface area contributed by atoms with Crippen LogP contribution in [0.4, 0.5) is 0 Å². The number of nitrogens with zero attached hydrogens (tertiary/aromatic N) is 2. The smallest absolute Gasteiger partial charge is 0.251 e. The second-order valence-electron chi connectivity index (χ2n) is 8.21. The normalized spacial score (nSPS) is 10.8. The molecule has 0 fully saturated rings. The summed E-state index contributed by atoms with van der Waals surface area (Å²) in [5.41, 5.74) is 3.70. The maximum atomic E-state index is 12.6. The van der Waals surface area contributed by atoms with Crippen LogP contribution in [0.1, 0.15) is 28.2 Å². The fourth-order valence-corrected chi connectivity index (χ4v) is 4.06. The first-order valence-electron chi connectivity index (χ1n) is 11.7. The molecule has 0 bridgehead atoms. The molecule has 4 rings (SSSR count). The van der Waals surface area contributed by atoms with Crippen LogP contribution in [0.5, 0.6) is 17.2 Å². The molecular formula is C28H31N3O4. The van der Waals surface area contributed by atoms with Crippen molar-refractivity contribution >= 4 is 16.9 Å². The predicted molar refractivity (Wildman–Crippen MR) is 137 cm³/mol. The first-order chi connectivity index (χ1) is 17.1. The van der Waals surface area contributed by atoms with Crippen molar-refractivity contribution in [3.05, 3.63) is 83.7 Å². The average Bonchev–Trinajstić information content (AvgIpc) is 3.24. The van der Waals surface area contributed by atoms with E-state index in [2.05, 4.69) is 16.0 Å². The summed E-state index contributed by atoms with van der Waals surface area (Å²) in [5, 5.41) is 2.99. The summed E-state index contributed by atoms with van der Waals surface area (Å²) >= 11 is 0. The van der Waals surface area contributed by atoms with Crippen LogP contribution in [-0.4, -0.2) is 42.8 Å². The molecule has 3 aromatic carbocycles. The maximum absolute atomic E-state index is 12.6. The summed E-state index contributed by atoms with van der Waals surface area (Å²) < 4.78 is 18.8. The van der Waals surface area contributed by atoms with Crippen molar-refractivity contribution in [3.63, 3.8) is 0 Å². The Hall–Kier alpha value is -4.00. The fraction of sp³-hybridized carbons (Fsp3) is 0.286. The number of para-hydroxylation sites is 3. The van der Waals surface area contributed by atoms with Crippen LogP contribution in [0.3, 0.4) is 0 Å². The minimum Gasteiger partial charge on any atom is -0.493 e. The molecule has 0 saturated carbocycles. The van der Waals surface area contributed by atoms with E-state index in [1.165, 1.54) is 0 Å². The van der Waals surface area contributed by atoms with Gasteiger partial charge in [0.05, 0.1) is 31.8 Å². The van der Waals surface area contributed by atoms with Crippen molar-refractivity contribution in [2.24, 2.45) is 0 Å². The Morgan fingerprint density at radius 1 is 0.943 bits per heavy atom. The number of ether oxygens (including phenoxy) is 3. The Morgan fingerprint density at radius 3 is 2.51 bits per heavy atom. The van der Waals surface area contributed by atoms with Gasteiger partial charge >= 0.3 is 0 Å².